The van der Waals surface area contributed by atoms with E-state index >= 15 is 0 Å². The number of aromatic nitrogens is 1. The summed E-state index contributed by atoms with van der Waals surface area (Å²) < 4.78 is 5.24. The second-order valence-electron chi connectivity index (χ2n) is 4.29. The van der Waals surface area contributed by atoms with Crippen molar-refractivity contribution >= 4 is 17.3 Å². The standard InChI is InChI=1S/C12H15N5O3/c1-8(7-9-3-2-6-20-9)14-12-10(17(18)19)4-5-11(15-12)16-13/h2-6,8H,7,13H2,1H3,(H2,14,15,16). The van der Waals surface area contributed by atoms with Crippen molar-refractivity contribution in [3.63, 3.8) is 0 Å². The molecule has 0 aliphatic rings. The fraction of sp³-hybridized carbons (Fsp3) is 0.250. The van der Waals surface area contributed by atoms with Gasteiger partial charge in [-0.2, -0.15) is 0 Å². The molecule has 0 fully saturated rings. The molecule has 8 nitrogen and oxygen atoms in total. The van der Waals surface area contributed by atoms with E-state index < -0.39 is 4.92 Å². The topological polar surface area (TPSA) is 119 Å². The molecule has 20 heavy (non-hydrogen) atoms. The van der Waals surface area contributed by atoms with E-state index in [4.69, 9.17) is 10.3 Å². The molecule has 1 atom stereocenters. The third kappa shape index (κ3) is 3.23. The molecular formula is C12H15N5O3. The van der Waals surface area contributed by atoms with E-state index in [1.807, 2.05) is 13.0 Å². The molecule has 1 unspecified atom stereocenters. The maximum absolute atomic E-state index is 11.0. The lowest BCUT2D eigenvalue weighted by Gasteiger charge is -2.14. The number of furan rings is 1. The van der Waals surface area contributed by atoms with Crippen LogP contribution >= 0.6 is 0 Å². The van der Waals surface area contributed by atoms with Crippen molar-refractivity contribution in [3.8, 4) is 0 Å². The SMILES string of the molecule is CC(Cc1ccco1)Nc1nc(NN)ccc1[N+](=O)[O-]. The maximum atomic E-state index is 11.0. The van der Waals surface area contributed by atoms with Gasteiger partial charge in [-0.3, -0.25) is 10.1 Å². The molecular weight excluding hydrogens is 262 g/mol. The Hall–Kier alpha value is -2.61. The lowest BCUT2D eigenvalue weighted by atomic mass is 10.2. The number of pyridine rings is 1. The van der Waals surface area contributed by atoms with Gasteiger partial charge in [0.2, 0.25) is 5.82 Å². The summed E-state index contributed by atoms with van der Waals surface area (Å²) in [4.78, 5) is 14.5. The van der Waals surface area contributed by atoms with Crippen molar-refractivity contribution in [2.24, 2.45) is 5.84 Å². The van der Waals surface area contributed by atoms with Gasteiger partial charge < -0.3 is 15.2 Å². The van der Waals surface area contributed by atoms with Crippen molar-refractivity contribution < 1.29 is 9.34 Å². The van der Waals surface area contributed by atoms with Gasteiger partial charge in [-0.05, 0) is 25.1 Å². The molecule has 0 spiro atoms. The van der Waals surface area contributed by atoms with Crippen LogP contribution in [-0.4, -0.2) is 15.9 Å². The van der Waals surface area contributed by atoms with Gasteiger partial charge >= 0.3 is 5.69 Å². The van der Waals surface area contributed by atoms with E-state index in [0.717, 1.165) is 5.76 Å². The first-order chi connectivity index (χ1) is 9.60. The molecule has 2 rings (SSSR count). The van der Waals surface area contributed by atoms with Gasteiger partial charge in [0.05, 0.1) is 11.2 Å². The first kappa shape index (κ1) is 13.8. The van der Waals surface area contributed by atoms with Gasteiger partial charge in [-0.25, -0.2) is 10.8 Å². The molecule has 0 radical (unpaired) electrons. The minimum Gasteiger partial charge on any atom is -0.469 e. The van der Waals surface area contributed by atoms with E-state index in [9.17, 15) is 10.1 Å². The lowest BCUT2D eigenvalue weighted by Crippen LogP contribution is -2.20. The molecule has 2 aromatic rings. The average molecular weight is 277 g/mol. The summed E-state index contributed by atoms with van der Waals surface area (Å²) >= 11 is 0. The van der Waals surface area contributed by atoms with Crippen LogP contribution in [0.3, 0.4) is 0 Å². The summed E-state index contributed by atoms with van der Waals surface area (Å²) in [5, 5.41) is 14.0. The second kappa shape index (κ2) is 6.02. The Labute approximate surface area is 115 Å². The molecule has 0 amide bonds. The normalized spacial score (nSPS) is 11.9. The Kier molecular flexibility index (Phi) is 4.16. The molecule has 0 saturated carbocycles. The minimum absolute atomic E-state index is 0.0830. The number of anilines is 2. The Morgan fingerprint density at radius 3 is 2.90 bits per heavy atom. The summed E-state index contributed by atoms with van der Waals surface area (Å²) in [6.07, 6.45) is 2.17. The largest absolute Gasteiger partial charge is 0.469 e. The third-order valence-corrected chi connectivity index (χ3v) is 2.69. The fourth-order valence-electron chi connectivity index (χ4n) is 1.80. The molecule has 2 aromatic heterocycles. The summed E-state index contributed by atoms with van der Waals surface area (Å²) in [6.45, 7) is 1.89. The number of nitrogens with two attached hydrogens (primary N) is 1. The predicted molar refractivity (Wildman–Crippen MR) is 74.2 cm³/mol. The summed E-state index contributed by atoms with van der Waals surface area (Å²) in [5.41, 5.74) is 2.26. The summed E-state index contributed by atoms with van der Waals surface area (Å²) in [7, 11) is 0. The van der Waals surface area contributed by atoms with Crippen LogP contribution < -0.4 is 16.6 Å². The Balaban J connectivity index is 2.16. The van der Waals surface area contributed by atoms with Gasteiger partial charge in [0.1, 0.15) is 11.6 Å². The van der Waals surface area contributed by atoms with E-state index in [2.05, 4.69) is 15.7 Å². The van der Waals surface area contributed by atoms with E-state index in [1.54, 1.807) is 12.3 Å². The maximum Gasteiger partial charge on any atom is 0.311 e. The molecule has 0 aromatic carbocycles. The number of rotatable bonds is 6. The average Bonchev–Trinajstić information content (AvgIpc) is 2.90. The molecule has 0 aliphatic carbocycles. The molecule has 106 valence electrons. The second-order valence-corrected chi connectivity index (χ2v) is 4.29. The van der Waals surface area contributed by atoms with Crippen LogP contribution in [0, 0.1) is 10.1 Å². The van der Waals surface area contributed by atoms with Crippen LogP contribution in [0.1, 0.15) is 12.7 Å². The van der Waals surface area contributed by atoms with Crippen LogP contribution in [0.25, 0.3) is 0 Å². The quantitative estimate of drug-likeness (QED) is 0.419. The van der Waals surface area contributed by atoms with E-state index in [0.29, 0.717) is 12.2 Å². The van der Waals surface area contributed by atoms with Gasteiger partial charge in [-0.15, -0.1) is 0 Å². The first-order valence-electron chi connectivity index (χ1n) is 6.01. The highest BCUT2D eigenvalue weighted by Gasteiger charge is 2.18. The zero-order valence-corrected chi connectivity index (χ0v) is 10.9. The Morgan fingerprint density at radius 1 is 1.50 bits per heavy atom. The fourth-order valence-corrected chi connectivity index (χ4v) is 1.80. The van der Waals surface area contributed by atoms with Gasteiger partial charge in [0.15, 0.2) is 0 Å². The first-order valence-corrected chi connectivity index (χ1v) is 6.01. The zero-order chi connectivity index (χ0) is 14.5. The van der Waals surface area contributed by atoms with Gasteiger partial charge in [0, 0.05) is 18.5 Å². The number of nitrogen functional groups attached to an aromatic ring is 1. The Morgan fingerprint density at radius 2 is 2.30 bits per heavy atom. The van der Waals surface area contributed by atoms with Crippen molar-refractivity contribution in [1.29, 1.82) is 0 Å². The van der Waals surface area contributed by atoms with Crippen molar-refractivity contribution in [2.75, 3.05) is 10.7 Å². The molecule has 4 N–H and O–H groups in total. The summed E-state index contributed by atoms with van der Waals surface area (Å²) in [6, 6.07) is 6.35. The minimum atomic E-state index is -0.491. The number of nitro groups is 1. The molecule has 0 aliphatic heterocycles. The highest BCUT2D eigenvalue weighted by atomic mass is 16.6. The van der Waals surface area contributed by atoms with Crippen LogP contribution in [0.5, 0.6) is 0 Å². The molecule has 2 heterocycles. The number of hydrogen-bond donors (Lipinski definition) is 3. The van der Waals surface area contributed by atoms with Crippen molar-refractivity contribution in [2.45, 2.75) is 19.4 Å². The molecule has 0 saturated heterocycles. The van der Waals surface area contributed by atoms with Crippen molar-refractivity contribution in [1.82, 2.24) is 4.98 Å². The molecule has 0 bridgehead atoms. The number of hydrogen-bond acceptors (Lipinski definition) is 7. The van der Waals surface area contributed by atoms with Gasteiger partial charge in [0.25, 0.3) is 0 Å². The third-order valence-electron chi connectivity index (χ3n) is 2.69. The predicted octanol–water partition coefficient (Wildman–Crippen LogP) is 1.91. The van der Waals surface area contributed by atoms with Crippen LogP contribution in [0.2, 0.25) is 0 Å². The highest BCUT2D eigenvalue weighted by molar-refractivity contribution is 5.60. The smallest absolute Gasteiger partial charge is 0.311 e. The zero-order valence-electron chi connectivity index (χ0n) is 10.9. The monoisotopic (exact) mass is 277 g/mol. The number of nitrogens with one attached hydrogen (secondary N) is 2. The lowest BCUT2D eigenvalue weighted by molar-refractivity contribution is -0.384. The summed E-state index contributed by atoms with van der Waals surface area (Å²) in [5.74, 6) is 6.57. The Bertz CT molecular complexity index is 585. The van der Waals surface area contributed by atoms with E-state index in [1.165, 1.54) is 12.1 Å². The molecule has 8 heteroatoms. The van der Waals surface area contributed by atoms with Gasteiger partial charge in [-0.1, -0.05) is 0 Å². The van der Waals surface area contributed by atoms with Crippen LogP contribution in [-0.2, 0) is 6.42 Å². The van der Waals surface area contributed by atoms with E-state index in [-0.39, 0.29) is 17.5 Å². The van der Waals surface area contributed by atoms with Crippen LogP contribution in [0.15, 0.2) is 34.9 Å². The number of nitrogens with zero attached hydrogens (tertiary/aromatic N) is 2. The van der Waals surface area contributed by atoms with Crippen molar-refractivity contribution in [3.05, 3.63) is 46.4 Å². The number of hydrazine groups is 1. The highest BCUT2D eigenvalue weighted by Crippen LogP contribution is 2.24. The van der Waals surface area contributed by atoms with Crippen LogP contribution in [0.4, 0.5) is 17.3 Å².